The van der Waals surface area contributed by atoms with Crippen LogP contribution in [0.2, 0.25) is 0 Å². The monoisotopic (exact) mass is 221 g/mol. The fourth-order valence-corrected chi connectivity index (χ4v) is 1.40. The van der Waals surface area contributed by atoms with Gasteiger partial charge in [-0.2, -0.15) is 0 Å². The lowest BCUT2D eigenvalue weighted by atomic mass is 10.2. The van der Waals surface area contributed by atoms with E-state index in [2.05, 4.69) is 15.6 Å². The molecule has 0 aliphatic rings. The third-order valence-electron chi connectivity index (χ3n) is 2.29. The van der Waals surface area contributed by atoms with Crippen molar-refractivity contribution in [3.63, 3.8) is 0 Å². The predicted octanol–water partition coefficient (Wildman–Crippen LogP) is 1.26. The van der Waals surface area contributed by atoms with Crippen LogP contribution in [0.15, 0.2) is 24.4 Å². The second-order valence-electron chi connectivity index (χ2n) is 3.65. The quantitative estimate of drug-likeness (QED) is 0.711. The molecule has 0 saturated carbocycles. The molecular weight excluding hydrogens is 202 g/mol. The summed E-state index contributed by atoms with van der Waals surface area (Å²) in [4.78, 5) is 15.7. The van der Waals surface area contributed by atoms with Crippen LogP contribution >= 0.6 is 0 Å². The highest BCUT2D eigenvalue weighted by atomic mass is 16.1. The van der Waals surface area contributed by atoms with Crippen LogP contribution < -0.4 is 10.6 Å². The number of carbonyl (C=O) groups excluding carboxylic acids is 1. The summed E-state index contributed by atoms with van der Waals surface area (Å²) in [6.07, 6.45) is 2.24. The van der Waals surface area contributed by atoms with Crippen molar-refractivity contribution in [1.29, 1.82) is 0 Å². The summed E-state index contributed by atoms with van der Waals surface area (Å²) >= 11 is 0. The molecule has 16 heavy (non-hydrogen) atoms. The molecule has 0 spiro atoms. The second-order valence-corrected chi connectivity index (χ2v) is 3.65. The Morgan fingerprint density at radius 1 is 1.50 bits per heavy atom. The summed E-state index contributed by atoms with van der Waals surface area (Å²) in [6, 6.07) is 5.66. The van der Waals surface area contributed by atoms with Crippen molar-refractivity contribution in [2.45, 2.75) is 26.3 Å². The maximum absolute atomic E-state index is 11.5. The third-order valence-corrected chi connectivity index (χ3v) is 2.29. The number of pyridine rings is 1. The van der Waals surface area contributed by atoms with Gasteiger partial charge in [0.05, 0.1) is 11.7 Å². The molecule has 1 aromatic heterocycles. The Balaban J connectivity index is 2.34. The largest absolute Gasteiger partial charge is 0.348 e. The zero-order chi connectivity index (χ0) is 11.8. The van der Waals surface area contributed by atoms with E-state index in [0.29, 0.717) is 6.42 Å². The topological polar surface area (TPSA) is 54.0 Å². The minimum atomic E-state index is -0.0321. The van der Waals surface area contributed by atoms with Crippen LogP contribution in [0.4, 0.5) is 0 Å². The van der Waals surface area contributed by atoms with Gasteiger partial charge in [-0.05, 0) is 25.6 Å². The van der Waals surface area contributed by atoms with Crippen molar-refractivity contribution >= 4 is 5.91 Å². The number of nitrogens with one attached hydrogen (secondary N) is 2. The molecule has 1 heterocycles. The van der Waals surface area contributed by atoms with E-state index in [1.54, 1.807) is 6.20 Å². The molecule has 1 atom stereocenters. The molecular formula is C12H19N3O. The Hall–Kier alpha value is -1.42. The van der Waals surface area contributed by atoms with Crippen molar-refractivity contribution in [3.05, 3.63) is 30.1 Å². The molecule has 0 aliphatic heterocycles. The first-order valence-electron chi connectivity index (χ1n) is 5.65. The number of hydrogen-bond donors (Lipinski definition) is 2. The van der Waals surface area contributed by atoms with Crippen molar-refractivity contribution in [2.24, 2.45) is 0 Å². The van der Waals surface area contributed by atoms with Crippen LogP contribution in [-0.2, 0) is 4.79 Å². The average Bonchev–Trinajstić information content (AvgIpc) is 2.30. The van der Waals surface area contributed by atoms with E-state index in [4.69, 9.17) is 0 Å². The fourth-order valence-electron chi connectivity index (χ4n) is 1.40. The van der Waals surface area contributed by atoms with Gasteiger partial charge in [-0.15, -0.1) is 0 Å². The zero-order valence-electron chi connectivity index (χ0n) is 9.86. The lowest BCUT2D eigenvalue weighted by Crippen LogP contribution is -2.30. The molecule has 1 amide bonds. The lowest BCUT2D eigenvalue weighted by molar-refractivity contribution is -0.121. The van der Waals surface area contributed by atoms with Crippen molar-refractivity contribution in [3.8, 4) is 0 Å². The molecule has 1 unspecified atom stereocenters. The van der Waals surface area contributed by atoms with Crippen LogP contribution in [0.5, 0.6) is 0 Å². The molecule has 4 heteroatoms. The van der Waals surface area contributed by atoms with Gasteiger partial charge in [0.2, 0.25) is 5.91 Å². The van der Waals surface area contributed by atoms with Crippen molar-refractivity contribution in [2.75, 3.05) is 13.1 Å². The number of nitrogens with zero attached hydrogens (tertiary/aromatic N) is 1. The van der Waals surface area contributed by atoms with Crippen LogP contribution in [0.1, 0.15) is 32.0 Å². The average molecular weight is 221 g/mol. The summed E-state index contributed by atoms with van der Waals surface area (Å²) in [5, 5.41) is 6.03. The van der Waals surface area contributed by atoms with Gasteiger partial charge in [0.15, 0.2) is 0 Å². The molecule has 0 bridgehead atoms. The van der Waals surface area contributed by atoms with Crippen molar-refractivity contribution < 1.29 is 4.79 Å². The van der Waals surface area contributed by atoms with Gasteiger partial charge in [0.1, 0.15) is 0 Å². The molecule has 0 aromatic carbocycles. The van der Waals surface area contributed by atoms with Gasteiger partial charge in [-0.25, -0.2) is 0 Å². The van der Waals surface area contributed by atoms with Gasteiger partial charge in [-0.1, -0.05) is 13.0 Å². The molecule has 2 N–H and O–H groups in total. The smallest absolute Gasteiger partial charge is 0.221 e. The predicted molar refractivity (Wildman–Crippen MR) is 64.0 cm³/mol. The second kappa shape index (κ2) is 6.95. The van der Waals surface area contributed by atoms with E-state index < -0.39 is 0 Å². The highest BCUT2D eigenvalue weighted by molar-refractivity contribution is 5.76. The summed E-state index contributed by atoms with van der Waals surface area (Å²) in [5.41, 5.74) is 0.888. The zero-order valence-corrected chi connectivity index (χ0v) is 9.86. The highest BCUT2D eigenvalue weighted by Crippen LogP contribution is 2.07. The number of carbonyl (C=O) groups is 1. The Kier molecular flexibility index (Phi) is 5.50. The van der Waals surface area contributed by atoms with Crippen LogP contribution in [-0.4, -0.2) is 24.0 Å². The number of aromatic nitrogens is 1. The summed E-state index contributed by atoms with van der Waals surface area (Å²) < 4.78 is 0. The van der Waals surface area contributed by atoms with Crippen LogP contribution in [0.3, 0.4) is 0 Å². The molecule has 0 saturated heterocycles. The Morgan fingerprint density at radius 2 is 2.31 bits per heavy atom. The molecule has 0 fully saturated rings. The Labute approximate surface area is 96.5 Å². The first kappa shape index (κ1) is 12.6. The number of amides is 1. The third kappa shape index (κ3) is 4.40. The molecule has 88 valence electrons. The fraction of sp³-hybridized carbons (Fsp3) is 0.500. The Bertz CT molecular complexity index is 313. The van der Waals surface area contributed by atoms with Crippen molar-refractivity contribution in [1.82, 2.24) is 15.6 Å². The minimum Gasteiger partial charge on any atom is -0.348 e. The standard InChI is InChI=1S/C12H19N3O/c1-3-13-9-7-12(16)15-10(2)11-6-4-5-8-14-11/h4-6,8,10,13H,3,7,9H2,1-2H3,(H,15,16). The molecule has 0 aliphatic carbocycles. The minimum absolute atomic E-state index is 0.0321. The summed E-state index contributed by atoms with van der Waals surface area (Å²) in [7, 11) is 0. The first-order valence-corrected chi connectivity index (χ1v) is 5.65. The molecule has 4 nitrogen and oxygen atoms in total. The SMILES string of the molecule is CCNCCC(=O)NC(C)c1ccccn1. The lowest BCUT2D eigenvalue weighted by Gasteiger charge is -2.13. The van der Waals surface area contributed by atoms with Gasteiger partial charge < -0.3 is 10.6 Å². The summed E-state index contributed by atoms with van der Waals surface area (Å²) in [5.74, 6) is 0.0547. The Morgan fingerprint density at radius 3 is 2.94 bits per heavy atom. The van der Waals surface area contributed by atoms with E-state index in [-0.39, 0.29) is 11.9 Å². The molecule has 1 rings (SSSR count). The van der Waals surface area contributed by atoms with E-state index in [0.717, 1.165) is 18.8 Å². The van der Waals surface area contributed by atoms with Gasteiger partial charge in [0.25, 0.3) is 0 Å². The summed E-state index contributed by atoms with van der Waals surface area (Å²) in [6.45, 7) is 5.57. The van der Waals surface area contributed by atoms with E-state index in [1.807, 2.05) is 32.0 Å². The van der Waals surface area contributed by atoms with Gasteiger partial charge in [0, 0.05) is 19.2 Å². The van der Waals surface area contributed by atoms with Crippen LogP contribution in [0, 0.1) is 0 Å². The van der Waals surface area contributed by atoms with Crippen LogP contribution in [0.25, 0.3) is 0 Å². The molecule has 1 aromatic rings. The van der Waals surface area contributed by atoms with Gasteiger partial charge in [-0.3, -0.25) is 9.78 Å². The van der Waals surface area contributed by atoms with E-state index in [9.17, 15) is 4.79 Å². The number of hydrogen-bond acceptors (Lipinski definition) is 3. The van der Waals surface area contributed by atoms with E-state index in [1.165, 1.54) is 0 Å². The molecule has 0 radical (unpaired) electrons. The number of rotatable bonds is 6. The highest BCUT2D eigenvalue weighted by Gasteiger charge is 2.09. The maximum Gasteiger partial charge on any atom is 0.221 e. The van der Waals surface area contributed by atoms with Gasteiger partial charge >= 0.3 is 0 Å². The normalized spacial score (nSPS) is 12.1. The first-order chi connectivity index (χ1) is 7.74. The maximum atomic E-state index is 11.5. The van der Waals surface area contributed by atoms with E-state index >= 15 is 0 Å².